The van der Waals surface area contributed by atoms with E-state index < -0.39 is 29.9 Å². The molecular formula is C12H12F3NO3. The molecule has 2 rings (SSSR count). The van der Waals surface area contributed by atoms with E-state index in [2.05, 4.69) is 0 Å². The summed E-state index contributed by atoms with van der Waals surface area (Å²) in [6.45, 7) is -0.174. The van der Waals surface area contributed by atoms with Crippen molar-refractivity contribution in [2.45, 2.75) is 18.4 Å². The van der Waals surface area contributed by atoms with Crippen LogP contribution in [0.3, 0.4) is 0 Å². The molecule has 104 valence electrons. The smallest absolute Gasteiger partial charge is 0.388 e. The summed E-state index contributed by atoms with van der Waals surface area (Å²) < 4.78 is 37.6. The predicted molar refractivity (Wildman–Crippen MR) is 59.4 cm³/mol. The minimum Gasteiger partial charge on any atom is -0.388 e. The Bertz CT molecular complexity index is 479. The second-order valence-corrected chi connectivity index (χ2v) is 4.42. The van der Waals surface area contributed by atoms with Gasteiger partial charge in [-0.25, -0.2) is 0 Å². The van der Waals surface area contributed by atoms with Gasteiger partial charge >= 0.3 is 6.18 Å². The van der Waals surface area contributed by atoms with Gasteiger partial charge in [0.25, 0.3) is 5.91 Å². The minimum absolute atomic E-state index is 0.0871. The van der Waals surface area contributed by atoms with Crippen LogP contribution in [-0.2, 0) is 6.18 Å². The number of amides is 1. The van der Waals surface area contributed by atoms with Gasteiger partial charge in [-0.1, -0.05) is 6.07 Å². The number of halogens is 3. The molecule has 7 heteroatoms. The van der Waals surface area contributed by atoms with Crippen molar-refractivity contribution in [1.82, 2.24) is 4.90 Å². The molecule has 4 nitrogen and oxygen atoms in total. The van der Waals surface area contributed by atoms with Gasteiger partial charge in [0, 0.05) is 18.7 Å². The number of β-amino-alcohol motifs (C(OH)–C–C–N with tert-alkyl or cyclic N) is 2. The molecule has 1 heterocycles. The predicted octanol–water partition coefficient (Wildman–Crippen LogP) is 0.883. The molecule has 1 aliphatic rings. The maximum Gasteiger partial charge on any atom is 0.416 e. The van der Waals surface area contributed by atoms with Crippen molar-refractivity contribution >= 4 is 5.91 Å². The molecule has 19 heavy (non-hydrogen) atoms. The Labute approximate surface area is 107 Å². The first-order valence-corrected chi connectivity index (χ1v) is 5.61. The average Bonchev–Trinajstić information content (AvgIpc) is 2.68. The van der Waals surface area contributed by atoms with E-state index in [0.717, 1.165) is 23.1 Å². The van der Waals surface area contributed by atoms with Crippen molar-refractivity contribution < 1.29 is 28.2 Å². The van der Waals surface area contributed by atoms with Gasteiger partial charge in [-0.2, -0.15) is 13.2 Å². The zero-order valence-electron chi connectivity index (χ0n) is 9.76. The van der Waals surface area contributed by atoms with Gasteiger partial charge in [-0.15, -0.1) is 0 Å². The summed E-state index contributed by atoms with van der Waals surface area (Å²) in [5, 5.41) is 18.6. The van der Waals surface area contributed by atoms with Crippen LogP contribution in [0, 0.1) is 0 Å². The molecule has 0 spiro atoms. The minimum atomic E-state index is -4.51. The number of aliphatic hydroxyl groups is 2. The van der Waals surface area contributed by atoms with E-state index in [1.807, 2.05) is 0 Å². The van der Waals surface area contributed by atoms with Crippen LogP contribution in [0.25, 0.3) is 0 Å². The first-order chi connectivity index (χ1) is 8.79. The molecule has 1 fully saturated rings. The SMILES string of the molecule is O=C(c1cccc(C(F)(F)F)c1)N1CC(O)C(O)C1. The summed E-state index contributed by atoms with van der Waals surface area (Å²) in [5.41, 5.74) is -1.02. The number of nitrogens with zero attached hydrogens (tertiary/aromatic N) is 1. The van der Waals surface area contributed by atoms with Crippen LogP contribution in [0.5, 0.6) is 0 Å². The van der Waals surface area contributed by atoms with Gasteiger partial charge in [-0.3, -0.25) is 4.79 Å². The van der Waals surface area contributed by atoms with Crippen LogP contribution in [0.4, 0.5) is 13.2 Å². The highest BCUT2D eigenvalue weighted by Crippen LogP contribution is 2.30. The van der Waals surface area contributed by atoms with Gasteiger partial charge in [0.1, 0.15) is 0 Å². The lowest BCUT2D eigenvalue weighted by atomic mass is 10.1. The van der Waals surface area contributed by atoms with Crippen LogP contribution < -0.4 is 0 Å². The van der Waals surface area contributed by atoms with Crippen molar-refractivity contribution in [3.63, 3.8) is 0 Å². The highest BCUT2D eigenvalue weighted by atomic mass is 19.4. The molecule has 1 saturated heterocycles. The fraction of sp³-hybridized carbons (Fsp3) is 0.417. The molecule has 1 aromatic rings. The van der Waals surface area contributed by atoms with E-state index in [1.54, 1.807) is 0 Å². The normalized spacial score (nSPS) is 23.7. The third-order valence-corrected chi connectivity index (χ3v) is 2.98. The van der Waals surface area contributed by atoms with Crippen molar-refractivity contribution in [1.29, 1.82) is 0 Å². The lowest BCUT2D eigenvalue weighted by molar-refractivity contribution is -0.137. The number of likely N-dealkylation sites (tertiary alicyclic amines) is 1. The quantitative estimate of drug-likeness (QED) is 0.800. The number of hydrogen-bond acceptors (Lipinski definition) is 3. The monoisotopic (exact) mass is 275 g/mol. The third kappa shape index (κ3) is 2.87. The highest BCUT2D eigenvalue weighted by molar-refractivity contribution is 5.94. The first kappa shape index (κ1) is 13.8. The van der Waals surface area contributed by atoms with Crippen LogP contribution in [-0.4, -0.2) is 46.3 Å². The summed E-state index contributed by atoms with van der Waals surface area (Å²) in [4.78, 5) is 13.1. The largest absolute Gasteiger partial charge is 0.416 e. The Morgan fingerprint density at radius 3 is 2.32 bits per heavy atom. The highest BCUT2D eigenvalue weighted by Gasteiger charge is 2.34. The Balaban J connectivity index is 2.21. The van der Waals surface area contributed by atoms with E-state index >= 15 is 0 Å². The zero-order valence-corrected chi connectivity index (χ0v) is 9.76. The maximum absolute atomic E-state index is 12.5. The van der Waals surface area contributed by atoms with Crippen molar-refractivity contribution in [3.8, 4) is 0 Å². The Morgan fingerprint density at radius 1 is 1.21 bits per heavy atom. The van der Waals surface area contributed by atoms with Crippen molar-refractivity contribution in [2.24, 2.45) is 0 Å². The molecule has 1 amide bonds. The van der Waals surface area contributed by atoms with E-state index in [1.165, 1.54) is 6.07 Å². The van der Waals surface area contributed by atoms with Gasteiger partial charge in [0.15, 0.2) is 0 Å². The van der Waals surface area contributed by atoms with Crippen molar-refractivity contribution in [3.05, 3.63) is 35.4 Å². The number of benzene rings is 1. The van der Waals surface area contributed by atoms with Crippen molar-refractivity contribution in [2.75, 3.05) is 13.1 Å². The number of carbonyl (C=O) groups excluding carboxylic acids is 1. The standard InChI is InChI=1S/C12H12F3NO3/c13-12(14,15)8-3-1-2-7(4-8)11(19)16-5-9(17)10(18)6-16/h1-4,9-10,17-18H,5-6H2. The van der Waals surface area contributed by atoms with Gasteiger partial charge < -0.3 is 15.1 Å². The number of alkyl halides is 3. The topological polar surface area (TPSA) is 60.8 Å². The average molecular weight is 275 g/mol. The summed E-state index contributed by atoms with van der Waals surface area (Å²) in [5.74, 6) is -0.637. The lowest BCUT2D eigenvalue weighted by Gasteiger charge is -2.16. The molecule has 2 unspecified atom stereocenters. The van der Waals surface area contributed by atoms with E-state index in [4.69, 9.17) is 0 Å². The first-order valence-electron chi connectivity index (χ1n) is 5.61. The number of rotatable bonds is 1. The van der Waals surface area contributed by atoms with Gasteiger partial charge in [-0.05, 0) is 18.2 Å². The second-order valence-electron chi connectivity index (χ2n) is 4.42. The fourth-order valence-corrected chi connectivity index (χ4v) is 1.95. The summed E-state index contributed by atoms with van der Waals surface area (Å²) in [7, 11) is 0. The zero-order chi connectivity index (χ0) is 14.2. The fourth-order valence-electron chi connectivity index (χ4n) is 1.95. The Kier molecular flexibility index (Phi) is 3.51. The third-order valence-electron chi connectivity index (χ3n) is 2.98. The number of aliphatic hydroxyl groups excluding tert-OH is 2. The molecule has 0 aliphatic carbocycles. The molecule has 2 N–H and O–H groups in total. The van der Waals surface area contributed by atoms with Crippen LogP contribution in [0.15, 0.2) is 24.3 Å². The Morgan fingerprint density at radius 2 is 1.79 bits per heavy atom. The summed E-state index contributed by atoms with van der Waals surface area (Å²) >= 11 is 0. The molecule has 0 aromatic heterocycles. The van der Waals surface area contributed by atoms with E-state index in [-0.39, 0.29) is 18.7 Å². The molecular weight excluding hydrogens is 263 g/mol. The van der Waals surface area contributed by atoms with Gasteiger partial charge in [0.2, 0.25) is 0 Å². The van der Waals surface area contributed by atoms with Crippen LogP contribution in [0.1, 0.15) is 15.9 Å². The van der Waals surface area contributed by atoms with Crippen LogP contribution in [0.2, 0.25) is 0 Å². The Hall–Kier alpha value is -1.60. The second kappa shape index (κ2) is 4.82. The lowest BCUT2D eigenvalue weighted by Crippen LogP contribution is -2.30. The molecule has 0 saturated carbocycles. The van der Waals surface area contributed by atoms with Gasteiger partial charge in [0.05, 0.1) is 17.8 Å². The number of carbonyl (C=O) groups is 1. The van der Waals surface area contributed by atoms with E-state index in [9.17, 15) is 28.2 Å². The molecule has 1 aliphatic heterocycles. The summed E-state index contributed by atoms with van der Waals surface area (Å²) in [6.07, 6.45) is -6.63. The number of hydrogen-bond donors (Lipinski definition) is 2. The molecule has 0 radical (unpaired) electrons. The maximum atomic E-state index is 12.5. The molecule has 1 aromatic carbocycles. The molecule has 0 bridgehead atoms. The van der Waals surface area contributed by atoms with Crippen LogP contribution >= 0.6 is 0 Å². The van der Waals surface area contributed by atoms with E-state index in [0.29, 0.717) is 0 Å². The summed E-state index contributed by atoms with van der Waals surface area (Å²) in [6, 6.07) is 4.07. The molecule has 2 atom stereocenters.